The summed E-state index contributed by atoms with van der Waals surface area (Å²) in [7, 11) is 0. The second-order valence-corrected chi connectivity index (χ2v) is 3.33. The molecule has 0 saturated carbocycles. The Labute approximate surface area is 103 Å². The van der Waals surface area contributed by atoms with Crippen LogP contribution in [0.25, 0.3) is 0 Å². The van der Waals surface area contributed by atoms with Crippen molar-refractivity contribution in [2.24, 2.45) is 10.3 Å². The van der Waals surface area contributed by atoms with Crippen molar-refractivity contribution in [1.82, 2.24) is 9.97 Å². The van der Waals surface area contributed by atoms with Gasteiger partial charge in [-0.05, 0) is 24.3 Å². The Kier molecular flexibility index (Phi) is 3.60. The van der Waals surface area contributed by atoms with Gasteiger partial charge in [-0.1, -0.05) is 22.4 Å². The number of nitrogens with zero attached hydrogens (tertiary/aromatic N) is 4. The van der Waals surface area contributed by atoms with Gasteiger partial charge >= 0.3 is 0 Å². The lowest BCUT2D eigenvalue weighted by Gasteiger charge is -2.05. The molecule has 2 heterocycles. The van der Waals surface area contributed by atoms with Gasteiger partial charge in [0.15, 0.2) is 11.4 Å². The monoisotopic (exact) mass is 242 g/mol. The van der Waals surface area contributed by atoms with Gasteiger partial charge in [0, 0.05) is 12.4 Å². The standard InChI is InChI=1S/C12H10N4O2/c17-15-11(9-5-1-3-7-13-9)12(16-18)10-6-2-4-8-14-10/h1-8,17-18H. The highest BCUT2D eigenvalue weighted by atomic mass is 16.4. The van der Waals surface area contributed by atoms with Gasteiger partial charge in [-0.2, -0.15) is 0 Å². The average molecular weight is 242 g/mol. The Bertz CT molecular complexity index is 514. The van der Waals surface area contributed by atoms with Crippen molar-refractivity contribution < 1.29 is 10.4 Å². The largest absolute Gasteiger partial charge is 0.410 e. The van der Waals surface area contributed by atoms with Crippen molar-refractivity contribution in [2.45, 2.75) is 0 Å². The zero-order valence-electron chi connectivity index (χ0n) is 9.30. The van der Waals surface area contributed by atoms with Crippen LogP contribution in [-0.4, -0.2) is 31.8 Å². The lowest BCUT2D eigenvalue weighted by Crippen LogP contribution is -2.19. The third kappa shape index (κ3) is 2.32. The summed E-state index contributed by atoms with van der Waals surface area (Å²) in [5.41, 5.74) is 0.880. The van der Waals surface area contributed by atoms with Crippen LogP contribution < -0.4 is 0 Å². The average Bonchev–Trinajstić information content (AvgIpc) is 2.46. The highest BCUT2D eigenvalue weighted by molar-refractivity contribution is 6.52. The van der Waals surface area contributed by atoms with Crippen LogP contribution in [0.15, 0.2) is 59.1 Å². The molecule has 0 fully saturated rings. The summed E-state index contributed by atoms with van der Waals surface area (Å²) in [6.45, 7) is 0. The Morgan fingerprint density at radius 3 is 1.50 bits per heavy atom. The third-order valence-electron chi connectivity index (χ3n) is 2.24. The number of pyridine rings is 2. The zero-order chi connectivity index (χ0) is 12.8. The molecule has 0 spiro atoms. The van der Waals surface area contributed by atoms with Crippen molar-refractivity contribution in [2.75, 3.05) is 0 Å². The minimum absolute atomic E-state index is 0.0526. The summed E-state index contributed by atoms with van der Waals surface area (Å²) in [5.74, 6) is 0. The zero-order valence-corrected chi connectivity index (χ0v) is 9.30. The van der Waals surface area contributed by atoms with Crippen LogP contribution in [0, 0.1) is 0 Å². The molecule has 2 aromatic heterocycles. The minimum atomic E-state index is 0.0526. The molecule has 0 aliphatic rings. The second-order valence-electron chi connectivity index (χ2n) is 3.33. The summed E-state index contributed by atoms with van der Waals surface area (Å²) in [4.78, 5) is 8.07. The smallest absolute Gasteiger partial charge is 0.159 e. The number of rotatable bonds is 3. The van der Waals surface area contributed by atoms with E-state index in [2.05, 4.69) is 20.3 Å². The Morgan fingerprint density at radius 2 is 1.22 bits per heavy atom. The molecule has 0 saturated heterocycles. The Balaban J connectivity index is 2.45. The van der Waals surface area contributed by atoms with E-state index < -0.39 is 0 Å². The first-order valence-corrected chi connectivity index (χ1v) is 5.14. The predicted molar refractivity (Wildman–Crippen MR) is 65.1 cm³/mol. The van der Waals surface area contributed by atoms with Gasteiger partial charge in [0.25, 0.3) is 0 Å². The van der Waals surface area contributed by atoms with Crippen LogP contribution in [0.1, 0.15) is 11.4 Å². The van der Waals surface area contributed by atoms with E-state index in [1.54, 1.807) is 48.8 Å². The molecule has 6 nitrogen and oxygen atoms in total. The van der Waals surface area contributed by atoms with E-state index in [-0.39, 0.29) is 11.4 Å². The number of oxime groups is 2. The first-order chi connectivity index (χ1) is 8.86. The number of aromatic nitrogens is 2. The highest BCUT2D eigenvalue weighted by Crippen LogP contribution is 2.05. The van der Waals surface area contributed by atoms with Crippen molar-refractivity contribution in [1.29, 1.82) is 0 Å². The maximum absolute atomic E-state index is 9.07. The van der Waals surface area contributed by atoms with Crippen LogP contribution in [-0.2, 0) is 0 Å². The summed E-state index contributed by atoms with van der Waals surface area (Å²) in [5, 5.41) is 24.4. The fourth-order valence-corrected chi connectivity index (χ4v) is 1.45. The second kappa shape index (κ2) is 5.53. The van der Waals surface area contributed by atoms with Gasteiger partial charge in [-0.15, -0.1) is 0 Å². The van der Waals surface area contributed by atoms with Crippen LogP contribution in [0.5, 0.6) is 0 Å². The molecule has 2 aromatic rings. The molecule has 2 N–H and O–H groups in total. The first-order valence-electron chi connectivity index (χ1n) is 5.14. The third-order valence-corrected chi connectivity index (χ3v) is 2.24. The van der Waals surface area contributed by atoms with E-state index in [1.807, 2.05) is 0 Å². The van der Waals surface area contributed by atoms with Crippen molar-refractivity contribution in [3.63, 3.8) is 0 Å². The number of hydrogen-bond donors (Lipinski definition) is 2. The molecule has 0 bridgehead atoms. The lowest BCUT2D eigenvalue weighted by molar-refractivity contribution is 0.314. The van der Waals surface area contributed by atoms with Crippen molar-refractivity contribution >= 4 is 11.4 Å². The van der Waals surface area contributed by atoms with E-state index in [1.165, 1.54) is 0 Å². The van der Waals surface area contributed by atoms with E-state index in [9.17, 15) is 0 Å². The molecule has 6 heteroatoms. The van der Waals surface area contributed by atoms with Crippen molar-refractivity contribution in [3.8, 4) is 0 Å². The minimum Gasteiger partial charge on any atom is -0.410 e. The van der Waals surface area contributed by atoms with Gasteiger partial charge in [0.1, 0.15) is 0 Å². The van der Waals surface area contributed by atoms with Crippen LogP contribution in [0.3, 0.4) is 0 Å². The molecular formula is C12H10N4O2. The highest BCUT2D eigenvalue weighted by Gasteiger charge is 2.17. The molecule has 0 aromatic carbocycles. The fraction of sp³-hybridized carbons (Fsp3) is 0. The van der Waals surface area contributed by atoms with Crippen LogP contribution >= 0.6 is 0 Å². The molecule has 2 rings (SSSR count). The van der Waals surface area contributed by atoms with Crippen LogP contribution in [0.4, 0.5) is 0 Å². The summed E-state index contributed by atoms with van der Waals surface area (Å²) in [6.07, 6.45) is 3.10. The number of hydrogen-bond acceptors (Lipinski definition) is 6. The van der Waals surface area contributed by atoms with E-state index >= 15 is 0 Å². The normalized spacial score (nSPS) is 12.4. The molecule has 0 aliphatic carbocycles. The first kappa shape index (κ1) is 11.7. The van der Waals surface area contributed by atoms with E-state index in [0.29, 0.717) is 11.4 Å². The van der Waals surface area contributed by atoms with E-state index in [4.69, 9.17) is 10.4 Å². The molecule has 0 radical (unpaired) electrons. The predicted octanol–water partition coefficient (Wildman–Crippen LogP) is 1.53. The summed E-state index contributed by atoms with van der Waals surface area (Å²) < 4.78 is 0. The molecule has 0 unspecified atom stereocenters. The Hall–Kier alpha value is -2.76. The maximum Gasteiger partial charge on any atom is 0.159 e. The topological polar surface area (TPSA) is 91.0 Å². The quantitative estimate of drug-likeness (QED) is 0.485. The Morgan fingerprint density at radius 1 is 0.778 bits per heavy atom. The van der Waals surface area contributed by atoms with Crippen LogP contribution in [0.2, 0.25) is 0 Å². The molecule has 0 aliphatic heterocycles. The summed E-state index contributed by atoms with van der Waals surface area (Å²) >= 11 is 0. The van der Waals surface area contributed by atoms with Gasteiger partial charge in [0.05, 0.1) is 11.4 Å². The molecule has 0 amide bonds. The summed E-state index contributed by atoms with van der Waals surface area (Å²) in [6, 6.07) is 10.2. The SMILES string of the molecule is ON=C(C(=NO)c1ccccn1)c1ccccn1. The van der Waals surface area contributed by atoms with Gasteiger partial charge in [-0.25, -0.2) is 0 Å². The molecule has 0 atom stereocenters. The van der Waals surface area contributed by atoms with E-state index in [0.717, 1.165) is 0 Å². The maximum atomic E-state index is 9.07. The molecular weight excluding hydrogens is 232 g/mol. The van der Waals surface area contributed by atoms with Gasteiger partial charge in [0.2, 0.25) is 0 Å². The molecule has 18 heavy (non-hydrogen) atoms. The fourth-order valence-electron chi connectivity index (χ4n) is 1.45. The van der Waals surface area contributed by atoms with Crippen molar-refractivity contribution in [3.05, 3.63) is 60.2 Å². The lowest BCUT2D eigenvalue weighted by atomic mass is 10.1. The van der Waals surface area contributed by atoms with Gasteiger partial charge < -0.3 is 10.4 Å². The molecule has 90 valence electrons. The van der Waals surface area contributed by atoms with Gasteiger partial charge in [-0.3, -0.25) is 9.97 Å².